The first-order chi connectivity index (χ1) is 7.63. The fourth-order valence-electron chi connectivity index (χ4n) is 1.17. The monoisotopic (exact) mass is 224 g/mol. The largest absolute Gasteiger partial charge is 0.484 e. The van der Waals surface area contributed by atoms with E-state index in [1.807, 2.05) is 0 Å². The Bertz CT molecular complexity index is 366. The molecule has 0 spiro atoms. The Morgan fingerprint density at radius 3 is 2.88 bits per heavy atom. The van der Waals surface area contributed by atoms with Gasteiger partial charge in [-0.3, -0.25) is 4.79 Å². The van der Waals surface area contributed by atoms with Crippen molar-refractivity contribution in [3.05, 3.63) is 18.2 Å². The van der Waals surface area contributed by atoms with Gasteiger partial charge in [-0.05, 0) is 25.1 Å². The van der Waals surface area contributed by atoms with E-state index in [-0.39, 0.29) is 19.0 Å². The maximum Gasteiger partial charge on any atom is 0.167 e. The third kappa shape index (κ3) is 3.78. The number of rotatable bonds is 6. The van der Waals surface area contributed by atoms with Gasteiger partial charge in [-0.15, -0.1) is 0 Å². The van der Waals surface area contributed by atoms with Crippen molar-refractivity contribution in [2.24, 2.45) is 0 Å². The van der Waals surface area contributed by atoms with Crippen LogP contribution in [0.3, 0.4) is 0 Å². The topological polar surface area (TPSA) is 84.6 Å². The summed E-state index contributed by atoms with van der Waals surface area (Å²) in [5.74, 6) is 0.437. The highest BCUT2D eigenvalue weighted by Gasteiger charge is 2.03. The quantitative estimate of drug-likeness (QED) is 0.617. The molecule has 1 rings (SSSR count). The summed E-state index contributed by atoms with van der Waals surface area (Å²) in [7, 11) is 0. The van der Waals surface area contributed by atoms with Gasteiger partial charge in [-0.2, -0.15) is 0 Å². The van der Waals surface area contributed by atoms with Crippen LogP contribution in [-0.4, -0.2) is 30.6 Å². The molecule has 16 heavy (non-hydrogen) atoms. The van der Waals surface area contributed by atoms with Gasteiger partial charge in [0.1, 0.15) is 12.4 Å². The maximum atomic E-state index is 10.7. The molecule has 1 aromatic carbocycles. The number of nitrogen functional groups attached to an aromatic ring is 1. The Balaban J connectivity index is 2.63. The van der Waals surface area contributed by atoms with E-state index in [1.54, 1.807) is 18.2 Å². The van der Waals surface area contributed by atoms with E-state index < -0.39 is 0 Å². The number of anilines is 2. The summed E-state index contributed by atoms with van der Waals surface area (Å²) in [4.78, 5) is 10.7. The van der Waals surface area contributed by atoms with Gasteiger partial charge in [0.25, 0.3) is 0 Å². The number of carbonyl (C=O) groups excluding carboxylic acids is 1. The third-order valence-electron chi connectivity index (χ3n) is 1.88. The molecule has 0 atom stereocenters. The molecule has 0 aromatic heterocycles. The van der Waals surface area contributed by atoms with Crippen LogP contribution in [0.1, 0.15) is 6.92 Å². The lowest BCUT2D eigenvalue weighted by Crippen LogP contribution is -2.09. The van der Waals surface area contributed by atoms with Crippen LogP contribution >= 0.6 is 0 Å². The van der Waals surface area contributed by atoms with Gasteiger partial charge in [-0.25, -0.2) is 0 Å². The average molecular weight is 224 g/mol. The summed E-state index contributed by atoms with van der Waals surface area (Å²) >= 11 is 0. The lowest BCUT2D eigenvalue weighted by atomic mass is 10.2. The number of nitrogens with one attached hydrogen (secondary N) is 1. The van der Waals surface area contributed by atoms with Crippen LogP contribution in [0.25, 0.3) is 0 Å². The summed E-state index contributed by atoms with van der Waals surface area (Å²) in [6.07, 6.45) is 0. The van der Waals surface area contributed by atoms with E-state index in [9.17, 15) is 4.79 Å². The first-order valence-corrected chi connectivity index (χ1v) is 5.00. The standard InChI is InChI=1S/C11H16N2O3/c1-8(15)7-16-11-3-2-9(6-10(11)12)13-4-5-14/h2-3,6,13-14H,4-5,7,12H2,1H3. The highest BCUT2D eigenvalue weighted by atomic mass is 16.5. The summed E-state index contributed by atoms with van der Waals surface area (Å²) in [5, 5.41) is 11.6. The Kier molecular flexibility index (Phi) is 4.60. The maximum absolute atomic E-state index is 10.7. The van der Waals surface area contributed by atoms with E-state index in [2.05, 4.69) is 5.32 Å². The molecule has 0 saturated carbocycles. The molecule has 4 N–H and O–H groups in total. The fourth-order valence-corrected chi connectivity index (χ4v) is 1.17. The molecule has 0 fully saturated rings. The number of ketones is 1. The van der Waals surface area contributed by atoms with Crippen LogP contribution < -0.4 is 15.8 Å². The molecule has 0 radical (unpaired) electrons. The molecule has 1 aromatic rings. The van der Waals surface area contributed by atoms with Gasteiger partial charge in [0, 0.05) is 12.2 Å². The highest BCUT2D eigenvalue weighted by molar-refractivity contribution is 5.77. The van der Waals surface area contributed by atoms with Crippen molar-refractivity contribution in [2.45, 2.75) is 6.92 Å². The van der Waals surface area contributed by atoms with Crippen LogP contribution in [0.2, 0.25) is 0 Å². The molecular weight excluding hydrogens is 208 g/mol. The SMILES string of the molecule is CC(=O)COc1ccc(NCCO)cc1N. The number of hydrogen-bond acceptors (Lipinski definition) is 5. The molecule has 88 valence electrons. The minimum atomic E-state index is -0.0538. The molecule has 0 aliphatic rings. The predicted molar refractivity (Wildman–Crippen MR) is 62.6 cm³/mol. The number of aliphatic hydroxyl groups excluding tert-OH is 1. The van der Waals surface area contributed by atoms with E-state index >= 15 is 0 Å². The number of carbonyl (C=O) groups is 1. The smallest absolute Gasteiger partial charge is 0.167 e. The lowest BCUT2D eigenvalue weighted by Gasteiger charge is -2.10. The third-order valence-corrected chi connectivity index (χ3v) is 1.88. The van der Waals surface area contributed by atoms with Gasteiger partial charge in [0.15, 0.2) is 5.78 Å². The lowest BCUT2D eigenvalue weighted by molar-refractivity contribution is -0.118. The molecule has 5 nitrogen and oxygen atoms in total. The van der Waals surface area contributed by atoms with Crippen molar-refractivity contribution in [3.8, 4) is 5.75 Å². The van der Waals surface area contributed by atoms with E-state index in [0.717, 1.165) is 5.69 Å². The molecule has 0 aliphatic heterocycles. The summed E-state index contributed by atoms with van der Waals surface area (Å²) in [6.45, 7) is 2.00. The van der Waals surface area contributed by atoms with Gasteiger partial charge in [-0.1, -0.05) is 0 Å². The second-order valence-electron chi connectivity index (χ2n) is 3.39. The first kappa shape index (κ1) is 12.3. The zero-order valence-electron chi connectivity index (χ0n) is 9.19. The first-order valence-electron chi connectivity index (χ1n) is 5.00. The van der Waals surface area contributed by atoms with Crippen molar-refractivity contribution >= 4 is 17.2 Å². The van der Waals surface area contributed by atoms with Crippen molar-refractivity contribution < 1.29 is 14.6 Å². The number of Topliss-reactive ketones (excluding diaryl/α,β-unsaturated/α-hetero) is 1. The van der Waals surface area contributed by atoms with Gasteiger partial charge < -0.3 is 20.9 Å². The van der Waals surface area contributed by atoms with Gasteiger partial charge in [0.05, 0.1) is 12.3 Å². The van der Waals surface area contributed by atoms with Crippen LogP contribution in [-0.2, 0) is 4.79 Å². The summed E-state index contributed by atoms with van der Waals surface area (Å²) < 4.78 is 5.21. The van der Waals surface area contributed by atoms with Crippen LogP contribution in [0.4, 0.5) is 11.4 Å². The molecule has 0 saturated heterocycles. The van der Waals surface area contributed by atoms with Crippen molar-refractivity contribution in [1.29, 1.82) is 0 Å². The molecule has 5 heteroatoms. The Morgan fingerprint density at radius 2 is 2.31 bits per heavy atom. The Morgan fingerprint density at radius 1 is 1.56 bits per heavy atom. The second kappa shape index (κ2) is 5.97. The second-order valence-corrected chi connectivity index (χ2v) is 3.39. The Labute approximate surface area is 94.2 Å². The zero-order chi connectivity index (χ0) is 12.0. The minimum absolute atomic E-state index is 0.0214. The average Bonchev–Trinajstić information content (AvgIpc) is 2.24. The number of aliphatic hydroxyl groups is 1. The van der Waals surface area contributed by atoms with Gasteiger partial charge >= 0.3 is 0 Å². The molecule has 0 amide bonds. The van der Waals surface area contributed by atoms with E-state index in [1.165, 1.54) is 6.92 Å². The normalized spacial score (nSPS) is 9.88. The van der Waals surface area contributed by atoms with Crippen LogP contribution in [0.15, 0.2) is 18.2 Å². The molecule has 0 bridgehead atoms. The predicted octanol–water partition coefficient (Wildman–Crippen LogP) is 0.641. The Hall–Kier alpha value is -1.75. The van der Waals surface area contributed by atoms with Crippen LogP contribution in [0, 0.1) is 0 Å². The fraction of sp³-hybridized carbons (Fsp3) is 0.364. The number of hydrogen-bond donors (Lipinski definition) is 3. The van der Waals surface area contributed by atoms with E-state index in [0.29, 0.717) is 18.0 Å². The molecule has 0 unspecified atom stereocenters. The number of benzene rings is 1. The van der Waals surface area contributed by atoms with Crippen molar-refractivity contribution in [2.75, 3.05) is 30.8 Å². The van der Waals surface area contributed by atoms with Crippen molar-refractivity contribution in [3.63, 3.8) is 0 Å². The zero-order valence-corrected chi connectivity index (χ0v) is 9.19. The highest BCUT2D eigenvalue weighted by Crippen LogP contribution is 2.24. The summed E-state index contributed by atoms with van der Waals surface area (Å²) in [6, 6.07) is 5.17. The molecular formula is C11H16N2O3. The number of ether oxygens (including phenoxy) is 1. The number of nitrogens with two attached hydrogens (primary N) is 1. The minimum Gasteiger partial charge on any atom is -0.484 e. The molecule has 0 aliphatic carbocycles. The van der Waals surface area contributed by atoms with Crippen LogP contribution in [0.5, 0.6) is 5.75 Å². The van der Waals surface area contributed by atoms with Gasteiger partial charge in [0.2, 0.25) is 0 Å². The summed E-state index contributed by atoms with van der Waals surface area (Å²) in [5.41, 5.74) is 7.01. The van der Waals surface area contributed by atoms with E-state index in [4.69, 9.17) is 15.6 Å². The molecule has 0 heterocycles. The van der Waals surface area contributed by atoms with Crippen molar-refractivity contribution in [1.82, 2.24) is 0 Å².